The van der Waals surface area contributed by atoms with Gasteiger partial charge in [-0.15, -0.1) is 34.7 Å². The molecule has 2 aromatic heterocycles. The first-order valence-electron chi connectivity index (χ1n) is 6.66. The highest BCUT2D eigenvalue weighted by Gasteiger charge is 2.20. The SMILES string of the molecule is Cc1csc(Nc2ncc(O)cc2SC2C=CC=CC2Cl)n1. The molecule has 1 aliphatic rings. The Labute approximate surface area is 142 Å². The van der Waals surface area contributed by atoms with Crippen LogP contribution in [0, 0.1) is 6.92 Å². The smallest absolute Gasteiger partial charge is 0.188 e. The molecule has 22 heavy (non-hydrogen) atoms. The molecule has 0 saturated carbocycles. The Morgan fingerprint density at radius 2 is 2.18 bits per heavy atom. The zero-order valence-corrected chi connectivity index (χ0v) is 14.1. The fourth-order valence-corrected chi connectivity index (χ4v) is 4.04. The number of thioether (sulfide) groups is 1. The van der Waals surface area contributed by atoms with Gasteiger partial charge in [0.2, 0.25) is 0 Å². The molecule has 2 N–H and O–H groups in total. The van der Waals surface area contributed by atoms with E-state index in [1.165, 1.54) is 17.5 Å². The second kappa shape index (κ2) is 6.73. The minimum absolute atomic E-state index is 0.0905. The van der Waals surface area contributed by atoms with E-state index < -0.39 is 0 Å². The first-order chi connectivity index (χ1) is 10.6. The van der Waals surface area contributed by atoms with Gasteiger partial charge in [-0.3, -0.25) is 0 Å². The van der Waals surface area contributed by atoms with Crippen molar-refractivity contribution in [3.63, 3.8) is 0 Å². The molecule has 0 amide bonds. The molecule has 0 aromatic carbocycles. The summed E-state index contributed by atoms with van der Waals surface area (Å²) in [6.07, 6.45) is 9.33. The van der Waals surface area contributed by atoms with E-state index in [0.717, 1.165) is 15.7 Å². The van der Waals surface area contributed by atoms with Crippen LogP contribution in [0.1, 0.15) is 5.69 Å². The molecule has 4 nitrogen and oxygen atoms in total. The van der Waals surface area contributed by atoms with Crippen LogP contribution in [0.5, 0.6) is 5.75 Å². The maximum atomic E-state index is 9.72. The molecule has 0 bridgehead atoms. The van der Waals surface area contributed by atoms with Gasteiger partial charge in [-0.25, -0.2) is 9.97 Å². The van der Waals surface area contributed by atoms with Crippen molar-refractivity contribution in [2.24, 2.45) is 0 Å². The quantitative estimate of drug-likeness (QED) is 0.795. The summed E-state index contributed by atoms with van der Waals surface area (Å²) in [5.41, 5.74) is 0.960. The predicted molar refractivity (Wildman–Crippen MR) is 93.6 cm³/mol. The van der Waals surface area contributed by atoms with Gasteiger partial charge < -0.3 is 10.4 Å². The second-order valence-electron chi connectivity index (χ2n) is 4.76. The Morgan fingerprint density at radius 1 is 1.36 bits per heavy atom. The number of aromatic hydroxyl groups is 1. The zero-order valence-electron chi connectivity index (χ0n) is 11.7. The molecule has 0 radical (unpaired) electrons. The average molecular weight is 352 g/mol. The van der Waals surface area contributed by atoms with Crippen LogP contribution < -0.4 is 5.32 Å². The van der Waals surface area contributed by atoms with E-state index in [4.69, 9.17) is 11.6 Å². The standard InChI is InChI=1S/C15H14ClN3OS2/c1-9-8-21-15(18-9)19-14-13(6-10(20)7-17-14)22-12-5-3-2-4-11(12)16/h2-8,11-12,20H,1H3,(H,17,18,19). The summed E-state index contributed by atoms with van der Waals surface area (Å²) >= 11 is 9.40. The number of allylic oxidation sites excluding steroid dienone is 3. The number of hydrogen-bond acceptors (Lipinski definition) is 6. The summed E-state index contributed by atoms with van der Waals surface area (Å²) in [5.74, 6) is 0.800. The predicted octanol–water partition coefficient (Wildman–Crippen LogP) is 4.49. The highest BCUT2D eigenvalue weighted by atomic mass is 35.5. The van der Waals surface area contributed by atoms with Gasteiger partial charge in [-0.2, -0.15) is 0 Å². The molecule has 7 heteroatoms. The van der Waals surface area contributed by atoms with E-state index in [2.05, 4.69) is 15.3 Å². The van der Waals surface area contributed by atoms with Crippen molar-refractivity contribution in [1.29, 1.82) is 0 Å². The Hall–Kier alpha value is -1.50. The molecule has 2 unspecified atom stereocenters. The molecular weight excluding hydrogens is 338 g/mol. The number of thiazole rings is 1. The fraction of sp³-hybridized carbons (Fsp3) is 0.200. The number of pyridine rings is 1. The molecule has 1 aliphatic carbocycles. The average Bonchev–Trinajstić information content (AvgIpc) is 2.90. The van der Waals surface area contributed by atoms with Crippen LogP contribution in [0.4, 0.5) is 10.9 Å². The van der Waals surface area contributed by atoms with Gasteiger partial charge in [0.1, 0.15) is 11.6 Å². The van der Waals surface area contributed by atoms with E-state index in [9.17, 15) is 5.11 Å². The molecule has 2 atom stereocenters. The van der Waals surface area contributed by atoms with Crippen molar-refractivity contribution in [2.45, 2.75) is 22.4 Å². The molecular formula is C15H14ClN3OS2. The largest absolute Gasteiger partial charge is 0.506 e. The monoisotopic (exact) mass is 351 g/mol. The summed E-state index contributed by atoms with van der Waals surface area (Å²) in [6, 6.07) is 1.69. The van der Waals surface area contributed by atoms with Crippen LogP contribution in [0.15, 0.2) is 46.8 Å². The van der Waals surface area contributed by atoms with Crippen molar-refractivity contribution in [3.8, 4) is 5.75 Å². The van der Waals surface area contributed by atoms with Crippen molar-refractivity contribution < 1.29 is 5.11 Å². The first-order valence-corrected chi connectivity index (χ1v) is 8.85. The third-order valence-electron chi connectivity index (χ3n) is 2.97. The van der Waals surface area contributed by atoms with E-state index >= 15 is 0 Å². The van der Waals surface area contributed by atoms with Crippen LogP contribution in [0.2, 0.25) is 0 Å². The van der Waals surface area contributed by atoms with Crippen molar-refractivity contribution >= 4 is 45.6 Å². The number of aromatic nitrogens is 2. The Bertz CT molecular complexity index is 729. The molecule has 2 aromatic rings. The Morgan fingerprint density at radius 3 is 2.91 bits per heavy atom. The zero-order chi connectivity index (χ0) is 15.5. The van der Waals surface area contributed by atoms with Gasteiger partial charge in [0.25, 0.3) is 0 Å². The third kappa shape index (κ3) is 3.63. The second-order valence-corrected chi connectivity index (χ2v) is 7.34. The van der Waals surface area contributed by atoms with Crippen LogP contribution in [-0.4, -0.2) is 25.7 Å². The lowest BCUT2D eigenvalue weighted by Crippen LogP contribution is -2.14. The van der Waals surface area contributed by atoms with Crippen LogP contribution in [0.3, 0.4) is 0 Å². The molecule has 2 heterocycles. The highest BCUT2D eigenvalue weighted by Crippen LogP contribution is 2.37. The lowest BCUT2D eigenvalue weighted by Gasteiger charge is -2.19. The first kappa shape index (κ1) is 15.4. The fourth-order valence-electron chi connectivity index (χ4n) is 1.94. The van der Waals surface area contributed by atoms with E-state index in [1.807, 2.05) is 36.6 Å². The number of rotatable bonds is 4. The summed E-state index contributed by atoms with van der Waals surface area (Å²) in [7, 11) is 0. The number of aryl methyl sites for hydroxylation is 1. The van der Waals surface area contributed by atoms with Gasteiger partial charge in [-0.05, 0) is 13.0 Å². The number of nitrogens with zero attached hydrogens (tertiary/aromatic N) is 2. The number of nitrogens with one attached hydrogen (secondary N) is 1. The van der Waals surface area contributed by atoms with E-state index in [1.54, 1.807) is 17.8 Å². The minimum atomic E-state index is -0.0905. The maximum absolute atomic E-state index is 9.72. The van der Waals surface area contributed by atoms with Gasteiger partial charge in [0, 0.05) is 10.6 Å². The Kier molecular flexibility index (Phi) is 4.71. The molecule has 3 rings (SSSR count). The molecule has 114 valence electrons. The number of alkyl halides is 1. The molecule has 0 fully saturated rings. The van der Waals surface area contributed by atoms with Gasteiger partial charge in [-0.1, -0.05) is 24.3 Å². The Balaban J connectivity index is 1.84. The number of halogens is 1. The van der Waals surface area contributed by atoms with Crippen LogP contribution in [0.25, 0.3) is 0 Å². The lowest BCUT2D eigenvalue weighted by molar-refractivity contribution is 0.471. The number of hydrogen-bond donors (Lipinski definition) is 2. The molecule has 0 spiro atoms. The minimum Gasteiger partial charge on any atom is -0.506 e. The van der Waals surface area contributed by atoms with Gasteiger partial charge >= 0.3 is 0 Å². The van der Waals surface area contributed by atoms with Crippen LogP contribution in [-0.2, 0) is 0 Å². The molecule has 0 saturated heterocycles. The highest BCUT2D eigenvalue weighted by molar-refractivity contribution is 8.00. The topological polar surface area (TPSA) is 58.0 Å². The van der Waals surface area contributed by atoms with Gasteiger partial charge in [0.15, 0.2) is 5.13 Å². The van der Waals surface area contributed by atoms with E-state index in [-0.39, 0.29) is 16.4 Å². The van der Waals surface area contributed by atoms with Crippen molar-refractivity contribution in [2.75, 3.05) is 5.32 Å². The lowest BCUT2D eigenvalue weighted by atomic mass is 10.2. The normalized spacial score (nSPS) is 20.3. The van der Waals surface area contributed by atoms with Gasteiger partial charge in [0.05, 0.1) is 22.2 Å². The summed E-state index contributed by atoms with van der Waals surface area (Å²) in [6.45, 7) is 1.94. The number of anilines is 2. The van der Waals surface area contributed by atoms with E-state index in [0.29, 0.717) is 5.82 Å². The van der Waals surface area contributed by atoms with Crippen molar-refractivity contribution in [1.82, 2.24) is 9.97 Å². The summed E-state index contributed by atoms with van der Waals surface area (Å²) in [5, 5.41) is 15.7. The van der Waals surface area contributed by atoms with Crippen LogP contribution >= 0.6 is 34.7 Å². The molecule has 0 aliphatic heterocycles. The summed E-state index contributed by atoms with van der Waals surface area (Å²) in [4.78, 5) is 9.49. The summed E-state index contributed by atoms with van der Waals surface area (Å²) < 4.78 is 0. The van der Waals surface area contributed by atoms with Crippen molar-refractivity contribution in [3.05, 3.63) is 47.6 Å². The maximum Gasteiger partial charge on any atom is 0.188 e. The third-order valence-corrected chi connectivity index (χ3v) is 5.70.